The van der Waals surface area contributed by atoms with E-state index in [1.807, 2.05) is 0 Å². The highest BCUT2D eigenvalue weighted by Gasteiger charge is 2.31. The molecular formula is C19H36N2. The van der Waals surface area contributed by atoms with Crippen LogP contribution in [0.2, 0.25) is 0 Å². The Balaban J connectivity index is 1.55. The number of nitrogens with zero attached hydrogens (tertiary/aromatic N) is 1. The molecule has 1 atom stereocenters. The SMILES string of the molecule is C1CCCC(CN2CCCCC2C2CCNCC2)CCC1. The summed E-state index contributed by atoms with van der Waals surface area (Å²) in [6.07, 6.45) is 17.8. The van der Waals surface area contributed by atoms with Gasteiger partial charge in [-0.2, -0.15) is 0 Å². The van der Waals surface area contributed by atoms with Crippen molar-refractivity contribution in [3.8, 4) is 0 Å². The number of hydrogen-bond acceptors (Lipinski definition) is 2. The fourth-order valence-corrected chi connectivity index (χ4v) is 5.06. The third-order valence-corrected chi connectivity index (χ3v) is 6.31. The van der Waals surface area contributed by atoms with E-state index in [9.17, 15) is 0 Å². The van der Waals surface area contributed by atoms with Crippen molar-refractivity contribution in [1.29, 1.82) is 0 Å². The van der Waals surface area contributed by atoms with Crippen LogP contribution in [-0.4, -0.2) is 37.1 Å². The maximum atomic E-state index is 3.55. The van der Waals surface area contributed by atoms with Gasteiger partial charge in [0.1, 0.15) is 0 Å². The first-order valence-electron chi connectivity index (χ1n) is 9.88. The molecular weight excluding hydrogens is 256 g/mol. The molecule has 1 saturated carbocycles. The molecule has 1 unspecified atom stereocenters. The molecule has 0 bridgehead atoms. The molecule has 2 heterocycles. The van der Waals surface area contributed by atoms with Gasteiger partial charge < -0.3 is 5.32 Å². The van der Waals surface area contributed by atoms with E-state index in [0.29, 0.717) is 0 Å². The second-order valence-electron chi connectivity index (χ2n) is 7.86. The lowest BCUT2D eigenvalue weighted by molar-refractivity contribution is 0.0650. The zero-order valence-corrected chi connectivity index (χ0v) is 14.0. The van der Waals surface area contributed by atoms with Crippen LogP contribution in [0, 0.1) is 11.8 Å². The summed E-state index contributed by atoms with van der Waals surface area (Å²) in [5.41, 5.74) is 0. The second-order valence-corrected chi connectivity index (χ2v) is 7.86. The molecule has 2 aliphatic heterocycles. The topological polar surface area (TPSA) is 15.3 Å². The summed E-state index contributed by atoms with van der Waals surface area (Å²) in [7, 11) is 0. The van der Waals surface area contributed by atoms with E-state index in [1.54, 1.807) is 0 Å². The van der Waals surface area contributed by atoms with Gasteiger partial charge in [-0.3, -0.25) is 4.90 Å². The lowest BCUT2D eigenvalue weighted by Crippen LogP contribution is -2.48. The van der Waals surface area contributed by atoms with Crippen molar-refractivity contribution in [3.05, 3.63) is 0 Å². The highest BCUT2D eigenvalue weighted by Crippen LogP contribution is 2.31. The normalized spacial score (nSPS) is 31.7. The molecule has 3 rings (SSSR count). The van der Waals surface area contributed by atoms with Crippen molar-refractivity contribution in [2.45, 2.75) is 83.1 Å². The maximum absolute atomic E-state index is 3.55. The van der Waals surface area contributed by atoms with Gasteiger partial charge in [0.25, 0.3) is 0 Å². The zero-order chi connectivity index (χ0) is 14.3. The minimum absolute atomic E-state index is 0.922. The Morgan fingerprint density at radius 3 is 2.14 bits per heavy atom. The first kappa shape index (κ1) is 15.8. The van der Waals surface area contributed by atoms with Crippen molar-refractivity contribution in [2.24, 2.45) is 11.8 Å². The minimum atomic E-state index is 0.922. The molecule has 2 saturated heterocycles. The van der Waals surface area contributed by atoms with E-state index in [-0.39, 0.29) is 0 Å². The van der Waals surface area contributed by atoms with E-state index < -0.39 is 0 Å². The smallest absolute Gasteiger partial charge is 0.0125 e. The predicted octanol–water partition coefficient (Wildman–Crippen LogP) is 4.20. The molecule has 2 heteroatoms. The van der Waals surface area contributed by atoms with Crippen molar-refractivity contribution in [3.63, 3.8) is 0 Å². The molecule has 3 aliphatic rings. The van der Waals surface area contributed by atoms with Crippen molar-refractivity contribution < 1.29 is 0 Å². The predicted molar refractivity (Wildman–Crippen MR) is 90.6 cm³/mol. The molecule has 0 aromatic heterocycles. The molecule has 0 aromatic carbocycles. The Bertz CT molecular complexity index is 277. The van der Waals surface area contributed by atoms with Crippen LogP contribution in [0.4, 0.5) is 0 Å². The van der Waals surface area contributed by atoms with Gasteiger partial charge in [0.2, 0.25) is 0 Å². The van der Waals surface area contributed by atoms with Crippen LogP contribution >= 0.6 is 0 Å². The summed E-state index contributed by atoms with van der Waals surface area (Å²) in [6, 6.07) is 0.922. The number of rotatable bonds is 3. The summed E-state index contributed by atoms with van der Waals surface area (Å²) in [5, 5.41) is 3.55. The van der Waals surface area contributed by atoms with Gasteiger partial charge in [0, 0.05) is 12.6 Å². The van der Waals surface area contributed by atoms with Gasteiger partial charge in [-0.05, 0) is 70.0 Å². The summed E-state index contributed by atoms with van der Waals surface area (Å²) < 4.78 is 0. The molecule has 0 radical (unpaired) electrons. The minimum Gasteiger partial charge on any atom is -0.317 e. The van der Waals surface area contributed by atoms with Crippen LogP contribution in [0.15, 0.2) is 0 Å². The fraction of sp³-hybridized carbons (Fsp3) is 1.00. The van der Waals surface area contributed by atoms with E-state index >= 15 is 0 Å². The van der Waals surface area contributed by atoms with Gasteiger partial charge in [-0.15, -0.1) is 0 Å². The lowest BCUT2D eigenvalue weighted by Gasteiger charge is -2.43. The fourth-order valence-electron chi connectivity index (χ4n) is 5.06. The summed E-state index contributed by atoms with van der Waals surface area (Å²) in [6.45, 7) is 5.34. The van der Waals surface area contributed by atoms with E-state index in [2.05, 4.69) is 10.2 Å². The van der Waals surface area contributed by atoms with Gasteiger partial charge in [-0.25, -0.2) is 0 Å². The van der Waals surface area contributed by atoms with Gasteiger partial charge >= 0.3 is 0 Å². The van der Waals surface area contributed by atoms with Crippen LogP contribution in [0.5, 0.6) is 0 Å². The monoisotopic (exact) mass is 292 g/mol. The summed E-state index contributed by atoms with van der Waals surface area (Å²) >= 11 is 0. The summed E-state index contributed by atoms with van der Waals surface area (Å²) in [5.74, 6) is 1.99. The van der Waals surface area contributed by atoms with Crippen LogP contribution in [0.3, 0.4) is 0 Å². The van der Waals surface area contributed by atoms with Crippen molar-refractivity contribution in [1.82, 2.24) is 10.2 Å². The van der Waals surface area contributed by atoms with E-state index in [4.69, 9.17) is 0 Å². The molecule has 3 fully saturated rings. The average Bonchev–Trinajstić information content (AvgIpc) is 2.51. The molecule has 1 aliphatic carbocycles. The second kappa shape index (κ2) is 8.53. The molecule has 2 nitrogen and oxygen atoms in total. The van der Waals surface area contributed by atoms with Crippen LogP contribution in [-0.2, 0) is 0 Å². The number of likely N-dealkylation sites (tertiary alicyclic amines) is 1. The molecule has 0 spiro atoms. The third-order valence-electron chi connectivity index (χ3n) is 6.31. The molecule has 1 N–H and O–H groups in total. The van der Waals surface area contributed by atoms with Gasteiger partial charge in [0.05, 0.1) is 0 Å². The van der Waals surface area contributed by atoms with Gasteiger partial charge in [-0.1, -0.05) is 38.5 Å². The largest absolute Gasteiger partial charge is 0.317 e. The standard InChI is InChI=1S/C19H36N2/c1-2-4-8-17(9-5-3-1)16-21-15-7-6-10-19(21)18-11-13-20-14-12-18/h17-20H,1-16H2. The highest BCUT2D eigenvalue weighted by atomic mass is 15.2. The van der Waals surface area contributed by atoms with E-state index in [0.717, 1.165) is 17.9 Å². The van der Waals surface area contributed by atoms with Crippen molar-refractivity contribution in [2.75, 3.05) is 26.2 Å². The number of hydrogen-bond donors (Lipinski definition) is 1. The number of piperidine rings is 2. The molecule has 0 amide bonds. The summed E-state index contributed by atoms with van der Waals surface area (Å²) in [4.78, 5) is 2.94. The Morgan fingerprint density at radius 2 is 1.38 bits per heavy atom. The Labute approximate surface area is 132 Å². The lowest BCUT2D eigenvalue weighted by atomic mass is 9.83. The van der Waals surface area contributed by atoms with Crippen LogP contribution in [0.1, 0.15) is 77.0 Å². The molecule has 122 valence electrons. The molecule has 0 aromatic rings. The quantitative estimate of drug-likeness (QED) is 0.838. The Morgan fingerprint density at radius 1 is 0.714 bits per heavy atom. The molecule has 21 heavy (non-hydrogen) atoms. The number of nitrogens with one attached hydrogen (secondary N) is 1. The Kier molecular flexibility index (Phi) is 6.42. The zero-order valence-electron chi connectivity index (χ0n) is 14.0. The van der Waals surface area contributed by atoms with Crippen molar-refractivity contribution >= 4 is 0 Å². The highest BCUT2D eigenvalue weighted by molar-refractivity contribution is 4.87. The first-order chi connectivity index (χ1) is 10.4. The Hall–Kier alpha value is -0.0800. The third kappa shape index (κ3) is 4.69. The first-order valence-corrected chi connectivity index (χ1v) is 9.88. The van der Waals surface area contributed by atoms with Gasteiger partial charge in [0.15, 0.2) is 0 Å². The average molecular weight is 293 g/mol. The van der Waals surface area contributed by atoms with Crippen LogP contribution in [0.25, 0.3) is 0 Å². The van der Waals surface area contributed by atoms with Crippen LogP contribution < -0.4 is 5.32 Å². The maximum Gasteiger partial charge on any atom is 0.0125 e. The van der Waals surface area contributed by atoms with E-state index in [1.165, 1.54) is 103 Å².